The molecule has 2 aliphatic heterocycles. The molecule has 6 nitrogen and oxygen atoms in total. The van der Waals surface area contributed by atoms with Crippen molar-refractivity contribution in [2.75, 3.05) is 38.6 Å². The maximum Gasteiger partial charge on any atom is 0.257 e. The molecule has 0 spiro atoms. The average Bonchev–Trinajstić information content (AvgIpc) is 2.44. The van der Waals surface area contributed by atoms with Gasteiger partial charge in [-0.05, 0) is 12.1 Å². The van der Waals surface area contributed by atoms with Crippen LogP contribution in [-0.2, 0) is 0 Å². The van der Waals surface area contributed by atoms with Crippen molar-refractivity contribution in [1.29, 1.82) is 0 Å². The largest absolute Gasteiger partial charge is 0.485 e. The van der Waals surface area contributed by atoms with E-state index in [0.29, 0.717) is 49.1 Å². The zero-order valence-electron chi connectivity index (χ0n) is 11.4. The maximum atomic E-state index is 12.5. The molecule has 1 amide bonds. The van der Waals surface area contributed by atoms with E-state index in [2.05, 4.69) is 0 Å². The topological polar surface area (TPSA) is 85.0 Å². The van der Waals surface area contributed by atoms with E-state index in [1.165, 1.54) is 0 Å². The molecule has 0 unspecified atom stereocenters. The summed E-state index contributed by atoms with van der Waals surface area (Å²) in [6.45, 7) is 3.96. The second-order valence-electron chi connectivity index (χ2n) is 5.69. The number of fused-ring (bicyclic) bond motifs is 1. The van der Waals surface area contributed by atoms with Gasteiger partial charge in [-0.1, -0.05) is 6.92 Å². The van der Waals surface area contributed by atoms with Gasteiger partial charge in [0, 0.05) is 18.5 Å². The van der Waals surface area contributed by atoms with Gasteiger partial charge in [-0.3, -0.25) is 4.79 Å². The van der Waals surface area contributed by atoms with Crippen LogP contribution in [0.4, 0.5) is 5.69 Å². The number of carbonyl (C=O) groups excluding carboxylic acids is 1. The molecule has 2 heterocycles. The molecular formula is C14H18N2O4. The van der Waals surface area contributed by atoms with E-state index >= 15 is 0 Å². The number of benzene rings is 1. The fraction of sp³-hybridized carbons (Fsp3) is 0.500. The van der Waals surface area contributed by atoms with E-state index in [0.717, 1.165) is 0 Å². The Labute approximate surface area is 117 Å². The van der Waals surface area contributed by atoms with Crippen molar-refractivity contribution in [2.45, 2.75) is 6.92 Å². The molecule has 2 aliphatic rings. The Morgan fingerprint density at radius 3 is 2.65 bits per heavy atom. The summed E-state index contributed by atoms with van der Waals surface area (Å²) < 4.78 is 11.0. The van der Waals surface area contributed by atoms with Gasteiger partial charge in [0.25, 0.3) is 5.91 Å². The van der Waals surface area contributed by atoms with E-state index in [9.17, 15) is 9.90 Å². The van der Waals surface area contributed by atoms with Crippen LogP contribution in [0.1, 0.15) is 17.3 Å². The SMILES string of the molecule is CC1(CO)CN(C(=O)c2ccc(N)c3c2OCCO3)C1. The number of nitrogens with zero attached hydrogens (tertiary/aromatic N) is 1. The zero-order valence-corrected chi connectivity index (χ0v) is 11.4. The van der Waals surface area contributed by atoms with Gasteiger partial charge in [-0.2, -0.15) is 0 Å². The van der Waals surface area contributed by atoms with Crippen LogP contribution in [0.25, 0.3) is 0 Å². The molecule has 3 rings (SSSR count). The second kappa shape index (κ2) is 4.56. The van der Waals surface area contributed by atoms with Crippen LogP contribution in [0.5, 0.6) is 11.5 Å². The highest BCUT2D eigenvalue weighted by Crippen LogP contribution is 2.40. The van der Waals surface area contributed by atoms with Crippen molar-refractivity contribution in [2.24, 2.45) is 5.41 Å². The summed E-state index contributed by atoms with van der Waals surface area (Å²) in [6.07, 6.45) is 0. The third-order valence-electron chi connectivity index (χ3n) is 3.76. The number of likely N-dealkylation sites (tertiary alicyclic amines) is 1. The number of aliphatic hydroxyl groups excluding tert-OH is 1. The molecule has 6 heteroatoms. The minimum Gasteiger partial charge on any atom is -0.485 e. The summed E-state index contributed by atoms with van der Waals surface area (Å²) in [5.41, 5.74) is 6.58. The third kappa shape index (κ3) is 1.96. The Hall–Kier alpha value is -1.95. The second-order valence-corrected chi connectivity index (χ2v) is 5.69. The van der Waals surface area contributed by atoms with Gasteiger partial charge in [-0.25, -0.2) is 0 Å². The van der Waals surface area contributed by atoms with Crippen molar-refractivity contribution < 1.29 is 19.4 Å². The standard InChI is InChI=1S/C14H18N2O4/c1-14(8-17)6-16(7-14)13(18)9-2-3-10(15)12-11(9)19-4-5-20-12/h2-3,17H,4-8,15H2,1H3. The molecule has 0 aromatic heterocycles. The van der Waals surface area contributed by atoms with Crippen molar-refractivity contribution in [3.63, 3.8) is 0 Å². The third-order valence-corrected chi connectivity index (χ3v) is 3.76. The smallest absolute Gasteiger partial charge is 0.257 e. The van der Waals surface area contributed by atoms with Crippen LogP contribution in [0.3, 0.4) is 0 Å². The highest BCUT2D eigenvalue weighted by Gasteiger charge is 2.42. The number of carbonyl (C=O) groups is 1. The van der Waals surface area contributed by atoms with Gasteiger partial charge in [0.2, 0.25) is 0 Å². The van der Waals surface area contributed by atoms with Crippen molar-refractivity contribution >= 4 is 11.6 Å². The van der Waals surface area contributed by atoms with Crippen LogP contribution < -0.4 is 15.2 Å². The molecule has 3 N–H and O–H groups in total. The van der Waals surface area contributed by atoms with Crippen molar-refractivity contribution in [3.05, 3.63) is 17.7 Å². The monoisotopic (exact) mass is 278 g/mol. The molecule has 108 valence electrons. The number of anilines is 1. The summed E-state index contributed by atoms with van der Waals surface area (Å²) in [5.74, 6) is 0.768. The average molecular weight is 278 g/mol. The molecule has 20 heavy (non-hydrogen) atoms. The quantitative estimate of drug-likeness (QED) is 0.769. The number of hydrogen-bond donors (Lipinski definition) is 2. The molecular weight excluding hydrogens is 260 g/mol. The normalized spacial score (nSPS) is 19.4. The molecule has 0 aliphatic carbocycles. The van der Waals surface area contributed by atoms with E-state index in [4.69, 9.17) is 15.2 Å². The van der Waals surface area contributed by atoms with Crippen LogP contribution in [-0.4, -0.2) is 48.8 Å². The number of aliphatic hydroxyl groups is 1. The molecule has 0 bridgehead atoms. The number of ether oxygens (including phenoxy) is 2. The van der Waals surface area contributed by atoms with E-state index in [1.54, 1.807) is 17.0 Å². The Morgan fingerprint density at radius 2 is 2.00 bits per heavy atom. The predicted molar refractivity (Wildman–Crippen MR) is 72.9 cm³/mol. The van der Waals surface area contributed by atoms with Gasteiger partial charge < -0.3 is 25.2 Å². The van der Waals surface area contributed by atoms with Gasteiger partial charge >= 0.3 is 0 Å². The highest BCUT2D eigenvalue weighted by molar-refractivity contribution is 5.99. The molecule has 1 aromatic carbocycles. The molecule has 1 saturated heterocycles. The Kier molecular flexibility index (Phi) is 2.97. The molecule has 0 saturated carbocycles. The number of nitrogen functional groups attached to an aromatic ring is 1. The van der Waals surface area contributed by atoms with Gasteiger partial charge in [0.1, 0.15) is 13.2 Å². The fourth-order valence-electron chi connectivity index (χ4n) is 2.62. The van der Waals surface area contributed by atoms with E-state index in [-0.39, 0.29) is 17.9 Å². The van der Waals surface area contributed by atoms with E-state index in [1.807, 2.05) is 6.92 Å². The predicted octanol–water partition coefficient (Wildman–Crippen LogP) is 0.494. The fourth-order valence-corrected chi connectivity index (χ4v) is 2.62. The molecule has 1 aromatic rings. The minimum absolute atomic E-state index is 0.0796. The minimum atomic E-state index is -0.194. The van der Waals surface area contributed by atoms with Gasteiger partial charge in [0.05, 0.1) is 17.9 Å². The maximum absolute atomic E-state index is 12.5. The number of amides is 1. The zero-order chi connectivity index (χ0) is 14.3. The summed E-state index contributed by atoms with van der Waals surface area (Å²) in [4.78, 5) is 14.2. The first-order valence-electron chi connectivity index (χ1n) is 6.62. The van der Waals surface area contributed by atoms with Crippen LogP contribution in [0.15, 0.2) is 12.1 Å². The number of hydrogen-bond acceptors (Lipinski definition) is 5. The van der Waals surface area contributed by atoms with E-state index < -0.39 is 0 Å². The lowest BCUT2D eigenvalue weighted by atomic mass is 9.82. The Bertz CT molecular complexity index is 552. The van der Waals surface area contributed by atoms with Gasteiger partial charge in [-0.15, -0.1) is 0 Å². The summed E-state index contributed by atoms with van der Waals surface area (Å²) in [6, 6.07) is 3.32. The van der Waals surface area contributed by atoms with Crippen LogP contribution >= 0.6 is 0 Å². The van der Waals surface area contributed by atoms with Crippen LogP contribution in [0, 0.1) is 5.41 Å². The first-order valence-corrected chi connectivity index (χ1v) is 6.62. The van der Waals surface area contributed by atoms with Crippen molar-refractivity contribution in [1.82, 2.24) is 4.90 Å². The number of rotatable bonds is 2. The summed E-state index contributed by atoms with van der Waals surface area (Å²) in [7, 11) is 0. The van der Waals surface area contributed by atoms with Crippen LogP contribution in [0.2, 0.25) is 0 Å². The molecule has 1 fully saturated rings. The Morgan fingerprint density at radius 1 is 1.35 bits per heavy atom. The summed E-state index contributed by atoms with van der Waals surface area (Å²) >= 11 is 0. The lowest BCUT2D eigenvalue weighted by Gasteiger charge is -2.47. The highest BCUT2D eigenvalue weighted by atomic mass is 16.6. The van der Waals surface area contributed by atoms with Gasteiger partial charge in [0.15, 0.2) is 11.5 Å². The first-order chi connectivity index (χ1) is 9.54. The van der Waals surface area contributed by atoms with Crippen molar-refractivity contribution in [3.8, 4) is 11.5 Å². The Balaban J connectivity index is 1.86. The number of nitrogens with two attached hydrogens (primary N) is 1. The lowest BCUT2D eigenvalue weighted by molar-refractivity contribution is -0.0156. The first kappa shape index (κ1) is 13.1. The molecule has 0 radical (unpaired) electrons. The lowest BCUT2D eigenvalue weighted by Crippen LogP contribution is -2.58. The summed E-state index contributed by atoms with van der Waals surface area (Å²) in [5, 5.41) is 9.24. The molecule has 0 atom stereocenters.